The van der Waals surface area contributed by atoms with Crippen LogP contribution >= 0.6 is 0 Å². The summed E-state index contributed by atoms with van der Waals surface area (Å²) in [7, 11) is 1.88. The van der Waals surface area contributed by atoms with Crippen molar-refractivity contribution in [1.29, 1.82) is 5.26 Å². The zero-order valence-corrected chi connectivity index (χ0v) is 20.0. The zero-order valence-electron chi connectivity index (χ0n) is 20.0. The van der Waals surface area contributed by atoms with Gasteiger partial charge in [-0.05, 0) is 48.6 Å². The molecule has 2 aromatic carbocycles. The smallest absolute Gasteiger partial charge is 0.176 e. The number of carbonyl (C=O) groups is 1. The van der Waals surface area contributed by atoms with Gasteiger partial charge in [-0.2, -0.15) is 10.4 Å². The van der Waals surface area contributed by atoms with Crippen molar-refractivity contribution >= 4 is 5.78 Å². The number of aromatic nitrogens is 4. The Morgan fingerprint density at radius 1 is 1.11 bits per heavy atom. The molecular formula is C29H24FN5O. The van der Waals surface area contributed by atoms with Crippen molar-refractivity contribution < 1.29 is 9.18 Å². The summed E-state index contributed by atoms with van der Waals surface area (Å²) in [6.45, 7) is 1.91. The number of Topliss-reactive ketones (excluding diaryl/α,β-unsaturated/α-hetero) is 1. The van der Waals surface area contributed by atoms with E-state index in [9.17, 15) is 14.4 Å². The van der Waals surface area contributed by atoms with Gasteiger partial charge in [-0.1, -0.05) is 37.3 Å². The summed E-state index contributed by atoms with van der Waals surface area (Å²) < 4.78 is 18.1. The van der Waals surface area contributed by atoms with Gasteiger partial charge in [-0.15, -0.1) is 0 Å². The van der Waals surface area contributed by atoms with Gasteiger partial charge in [0.1, 0.15) is 17.7 Å². The highest BCUT2D eigenvalue weighted by atomic mass is 19.1. The van der Waals surface area contributed by atoms with Crippen molar-refractivity contribution in [3.05, 3.63) is 89.8 Å². The highest BCUT2D eigenvalue weighted by Gasteiger charge is 2.42. The SMILES string of the molecule is CC1C(=O)C(C#N)=CC2c3nc(-c4cccc(-c5cnn(C)c5)c4)n(-c4cccc(F)c4)c3CCC12. The molecule has 3 unspecified atom stereocenters. The summed E-state index contributed by atoms with van der Waals surface area (Å²) in [5, 5.41) is 13.9. The third kappa shape index (κ3) is 3.49. The molecule has 2 aliphatic carbocycles. The molecule has 4 aromatic rings. The topological polar surface area (TPSA) is 76.5 Å². The second-order valence-electron chi connectivity index (χ2n) is 9.64. The quantitative estimate of drug-likeness (QED) is 0.396. The lowest BCUT2D eigenvalue weighted by Crippen LogP contribution is -2.34. The lowest BCUT2D eigenvalue weighted by Gasteiger charge is -2.36. The number of nitriles is 1. The van der Waals surface area contributed by atoms with E-state index in [1.807, 2.05) is 55.2 Å². The molecule has 6 nitrogen and oxygen atoms in total. The van der Waals surface area contributed by atoms with Crippen LogP contribution in [0.4, 0.5) is 4.39 Å². The number of fused-ring (bicyclic) bond motifs is 3. The van der Waals surface area contributed by atoms with E-state index in [2.05, 4.69) is 17.2 Å². The van der Waals surface area contributed by atoms with Gasteiger partial charge in [0.15, 0.2) is 5.78 Å². The molecule has 0 spiro atoms. The predicted molar refractivity (Wildman–Crippen MR) is 134 cm³/mol. The Balaban J connectivity index is 1.57. The second kappa shape index (κ2) is 8.42. The van der Waals surface area contributed by atoms with Crippen LogP contribution in [-0.2, 0) is 18.3 Å². The molecule has 0 radical (unpaired) electrons. The fraction of sp³-hybridized carbons (Fsp3) is 0.241. The van der Waals surface area contributed by atoms with Crippen molar-refractivity contribution in [2.75, 3.05) is 0 Å². The van der Waals surface area contributed by atoms with Crippen molar-refractivity contribution in [2.45, 2.75) is 25.7 Å². The van der Waals surface area contributed by atoms with E-state index in [0.29, 0.717) is 11.5 Å². The highest BCUT2D eigenvalue weighted by Crippen LogP contribution is 2.46. The summed E-state index contributed by atoms with van der Waals surface area (Å²) in [5.41, 5.74) is 5.67. The molecular weight excluding hydrogens is 453 g/mol. The fourth-order valence-electron chi connectivity index (χ4n) is 5.72. The van der Waals surface area contributed by atoms with E-state index < -0.39 is 0 Å². The van der Waals surface area contributed by atoms with Crippen LogP contribution in [0.15, 0.2) is 72.6 Å². The lowest BCUT2D eigenvalue weighted by atomic mass is 9.67. The van der Waals surface area contributed by atoms with Gasteiger partial charge in [0.2, 0.25) is 0 Å². The number of nitrogens with zero attached hydrogens (tertiary/aromatic N) is 5. The molecule has 2 heterocycles. The standard InChI is InChI=1S/C29H24FN5O/c1-17-24-9-10-26-27(25(24)12-20(14-31)28(17)36)33-29(35(26)23-8-4-7-22(30)13-23)19-6-3-5-18(11-19)21-15-32-34(2)16-21/h3-8,11-13,15-17,24-25H,9-10H2,1-2H3. The monoisotopic (exact) mass is 477 g/mol. The molecule has 2 aliphatic rings. The van der Waals surface area contributed by atoms with E-state index >= 15 is 0 Å². The zero-order chi connectivity index (χ0) is 25.0. The normalized spacial score (nSPS) is 20.9. The van der Waals surface area contributed by atoms with Crippen LogP contribution < -0.4 is 0 Å². The fourth-order valence-corrected chi connectivity index (χ4v) is 5.72. The Morgan fingerprint density at radius 2 is 1.92 bits per heavy atom. The minimum atomic E-state index is -0.317. The maximum absolute atomic E-state index is 14.3. The Hall–Kier alpha value is -4.31. The first kappa shape index (κ1) is 22.2. The van der Waals surface area contributed by atoms with E-state index in [4.69, 9.17) is 4.98 Å². The number of hydrogen-bond donors (Lipinski definition) is 0. The van der Waals surface area contributed by atoms with E-state index in [0.717, 1.165) is 40.9 Å². The molecule has 7 heteroatoms. The number of halogens is 1. The van der Waals surface area contributed by atoms with Crippen LogP contribution in [0.3, 0.4) is 0 Å². The number of benzene rings is 2. The van der Waals surface area contributed by atoms with E-state index in [1.54, 1.807) is 16.8 Å². The number of aryl methyl sites for hydroxylation is 1. The first-order valence-electron chi connectivity index (χ1n) is 12.1. The first-order chi connectivity index (χ1) is 17.4. The van der Waals surface area contributed by atoms with E-state index in [1.165, 1.54) is 12.1 Å². The molecule has 0 aliphatic heterocycles. The average molecular weight is 478 g/mol. The van der Waals surface area contributed by atoms with Crippen LogP contribution in [0.2, 0.25) is 0 Å². The van der Waals surface area contributed by atoms with Crippen molar-refractivity contribution in [2.24, 2.45) is 18.9 Å². The third-order valence-corrected chi connectivity index (χ3v) is 7.51. The molecule has 0 bridgehead atoms. The van der Waals surface area contributed by atoms with Crippen molar-refractivity contribution in [3.8, 4) is 34.3 Å². The van der Waals surface area contributed by atoms with Crippen molar-refractivity contribution in [3.63, 3.8) is 0 Å². The number of carbonyl (C=O) groups excluding carboxylic acids is 1. The molecule has 3 atom stereocenters. The molecule has 0 amide bonds. The van der Waals surface area contributed by atoms with Crippen LogP contribution in [0, 0.1) is 29.0 Å². The summed E-state index contributed by atoms with van der Waals surface area (Å²) in [6, 6.07) is 16.7. The molecule has 178 valence electrons. The lowest BCUT2D eigenvalue weighted by molar-refractivity contribution is -0.120. The number of hydrogen-bond acceptors (Lipinski definition) is 4. The molecule has 0 saturated carbocycles. The minimum absolute atomic E-state index is 0.0869. The largest absolute Gasteiger partial charge is 0.296 e. The summed E-state index contributed by atoms with van der Waals surface area (Å²) in [5.74, 6) is 0.0324. The van der Waals surface area contributed by atoms with Crippen LogP contribution in [0.25, 0.3) is 28.2 Å². The summed E-state index contributed by atoms with van der Waals surface area (Å²) in [6.07, 6.45) is 7.10. The van der Waals surface area contributed by atoms with Crippen LogP contribution in [0.5, 0.6) is 0 Å². The third-order valence-electron chi connectivity index (χ3n) is 7.51. The van der Waals surface area contributed by atoms with Gasteiger partial charge in [0, 0.05) is 41.9 Å². The number of imidazole rings is 1. The van der Waals surface area contributed by atoms with Gasteiger partial charge in [-0.25, -0.2) is 9.37 Å². The second-order valence-corrected chi connectivity index (χ2v) is 9.64. The van der Waals surface area contributed by atoms with Gasteiger partial charge in [0.25, 0.3) is 0 Å². The number of rotatable bonds is 3. The Labute approximate surface area is 208 Å². The Bertz CT molecular complexity index is 1590. The summed E-state index contributed by atoms with van der Waals surface area (Å²) >= 11 is 0. The maximum atomic E-state index is 14.3. The van der Waals surface area contributed by atoms with Crippen molar-refractivity contribution in [1.82, 2.24) is 19.3 Å². The highest BCUT2D eigenvalue weighted by molar-refractivity contribution is 6.01. The molecule has 0 N–H and O–H groups in total. The predicted octanol–water partition coefficient (Wildman–Crippen LogP) is 5.39. The minimum Gasteiger partial charge on any atom is -0.296 e. The number of allylic oxidation sites excluding steroid dienone is 2. The first-order valence-corrected chi connectivity index (χ1v) is 12.1. The van der Waals surface area contributed by atoms with Gasteiger partial charge < -0.3 is 0 Å². The van der Waals surface area contributed by atoms with Crippen LogP contribution in [0.1, 0.15) is 30.7 Å². The van der Waals surface area contributed by atoms with Gasteiger partial charge >= 0.3 is 0 Å². The summed E-state index contributed by atoms with van der Waals surface area (Å²) in [4.78, 5) is 17.8. The van der Waals surface area contributed by atoms with Crippen LogP contribution in [-0.4, -0.2) is 25.1 Å². The maximum Gasteiger partial charge on any atom is 0.176 e. The average Bonchev–Trinajstić information content (AvgIpc) is 3.50. The Kier molecular flexibility index (Phi) is 5.18. The number of ketones is 1. The molecule has 6 rings (SSSR count). The molecule has 2 aromatic heterocycles. The molecule has 0 fully saturated rings. The van der Waals surface area contributed by atoms with E-state index in [-0.39, 0.29) is 34.9 Å². The molecule has 36 heavy (non-hydrogen) atoms. The van der Waals surface area contributed by atoms with Gasteiger partial charge in [-0.3, -0.25) is 14.0 Å². The van der Waals surface area contributed by atoms with Gasteiger partial charge in [0.05, 0.1) is 23.2 Å². The molecule has 0 saturated heterocycles. The Morgan fingerprint density at radius 3 is 2.67 bits per heavy atom.